The van der Waals surface area contributed by atoms with Gasteiger partial charge in [-0.1, -0.05) is 0 Å². The van der Waals surface area contributed by atoms with Gasteiger partial charge < -0.3 is 0 Å². The predicted octanol–water partition coefficient (Wildman–Crippen LogP) is 6.03. The Hall–Kier alpha value is -1.17. The molecular weight excluding hydrogens is 453 g/mol. The summed E-state index contributed by atoms with van der Waals surface area (Å²) in [5.74, 6) is 0.718. The van der Waals surface area contributed by atoms with E-state index in [4.69, 9.17) is 9.72 Å². The molecule has 0 unspecified atom stereocenters. The van der Waals surface area contributed by atoms with Crippen molar-refractivity contribution in [1.82, 2.24) is 15.0 Å². The van der Waals surface area contributed by atoms with Gasteiger partial charge in [0.05, 0.1) is 0 Å². The summed E-state index contributed by atoms with van der Waals surface area (Å²) in [4.78, 5) is 13.3. The molecule has 0 N–H and O–H groups in total. The summed E-state index contributed by atoms with van der Waals surface area (Å²) in [5.41, 5.74) is 0.899. The third-order valence-electron chi connectivity index (χ3n) is 5.14. The van der Waals surface area contributed by atoms with E-state index in [-0.39, 0.29) is 0 Å². The van der Waals surface area contributed by atoms with E-state index in [0.717, 1.165) is 11.4 Å². The molecule has 2 aromatic heterocycles. The summed E-state index contributed by atoms with van der Waals surface area (Å²) in [6.45, 7) is 8.87. The van der Waals surface area contributed by atoms with Crippen molar-refractivity contribution >= 4 is 24.9 Å². The first-order valence-electron chi connectivity index (χ1n) is 10.8. The molecule has 2 rings (SSSR count). The maximum atomic E-state index is 5.77. The van der Waals surface area contributed by atoms with Crippen molar-refractivity contribution < 1.29 is 4.74 Å². The van der Waals surface area contributed by atoms with Crippen LogP contribution in [0.1, 0.15) is 84.3 Å². The number of hydrogen-bond donors (Lipinski definition) is 0. The number of nitrogens with zero attached hydrogens (tertiary/aromatic N) is 3. The molecule has 0 aromatic carbocycles. The third kappa shape index (κ3) is 7.69. The molecule has 2 radical (unpaired) electrons. The summed E-state index contributed by atoms with van der Waals surface area (Å²) >= 11 is -0.796. The van der Waals surface area contributed by atoms with Crippen LogP contribution in [-0.2, 0) is 0 Å². The van der Waals surface area contributed by atoms with Gasteiger partial charge in [0, 0.05) is 0 Å². The molecule has 5 heteroatoms. The fourth-order valence-corrected chi connectivity index (χ4v) is 8.45. The van der Waals surface area contributed by atoms with Crippen molar-refractivity contribution in [3.05, 3.63) is 36.3 Å². The van der Waals surface area contributed by atoms with Gasteiger partial charge in [0.25, 0.3) is 0 Å². The van der Waals surface area contributed by atoms with Crippen LogP contribution in [0, 0.1) is 6.92 Å². The molecule has 0 saturated carbocycles. The van der Waals surface area contributed by atoms with E-state index in [1.165, 1.54) is 61.5 Å². The van der Waals surface area contributed by atoms with Crippen molar-refractivity contribution in [3.8, 4) is 11.8 Å². The standard InChI is InChI=1S/C13H27.C10H8N3O.Sn/c1-4-7-10-13(11-8-5-2)12-9-6-3;1-8-4-6-12-10(13-8)14-9-3-2-5-11-7-9;/h4-12H2,1-3H3;2-4,6-7H,1H3;. The first-order chi connectivity index (χ1) is 13.6. The van der Waals surface area contributed by atoms with Gasteiger partial charge in [0.1, 0.15) is 0 Å². The number of rotatable bonds is 13. The van der Waals surface area contributed by atoms with E-state index in [2.05, 4.69) is 36.8 Å². The normalized spacial score (nSPS) is 11.6. The van der Waals surface area contributed by atoms with Crippen LogP contribution in [0.5, 0.6) is 11.8 Å². The summed E-state index contributed by atoms with van der Waals surface area (Å²) < 4.78 is 7.67. The van der Waals surface area contributed by atoms with Crippen molar-refractivity contribution in [2.24, 2.45) is 0 Å². The molecule has 2 heterocycles. The molecule has 2 aromatic rings. The molecule has 0 amide bonds. The average molecular weight is 488 g/mol. The SMILES string of the molecule is CCCC[C](CCCC)(CCCC)[Sn][c]1ccc(Oc2nccc(C)n2)cn1. The molecule has 4 nitrogen and oxygen atoms in total. The number of unbranched alkanes of at least 4 members (excludes halogenated alkanes) is 3. The van der Waals surface area contributed by atoms with E-state index < -0.39 is 21.1 Å². The van der Waals surface area contributed by atoms with Crippen molar-refractivity contribution in [2.75, 3.05) is 0 Å². The molecule has 0 atom stereocenters. The molecule has 0 aliphatic carbocycles. The molecule has 28 heavy (non-hydrogen) atoms. The first kappa shape index (κ1) is 23.1. The summed E-state index contributed by atoms with van der Waals surface area (Å²) in [5, 5.41) is 0. The molecule has 0 saturated heterocycles. The quantitative estimate of drug-likeness (QED) is 0.323. The number of hydrogen-bond acceptors (Lipinski definition) is 4. The predicted molar refractivity (Wildman–Crippen MR) is 118 cm³/mol. The second-order valence-corrected chi connectivity index (χ2v) is 12.9. The Morgan fingerprint density at radius 2 is 1.54 bits per heavy atom. The summed E-state index contributed by atoms with van der Waals surface area (Å²) in [6.07, 6.45) is 15.6. The van der Waals surface area contributed by atoms with Crippen LogP contribution in [0.4, 0.5) is 0 Å². The van der Waals surface area contributed by atoms with E-state index >= 15 is 0 Å². The first-order valence-corrected chi connectivity index (χ1v) is 13.7. The summed E-state index contributed by atoms with van der Waals surface area (Å²) in [7, 11) is 0. The topological polar surface area (TPSA) is 47.9 Å². The Balaban J connectivity index is 2.11. The van der Waals surface area contributed by atoms with Gasteiger partial charge >= 0.3 is 182 Å². The van der Waals surface area contributed by atoms with Crippen LogP contribution >= 0.6 is 0 Å². The molecular formula is C23H35N3OSn. The van der Waals surface area contributed by atoms with E-state index in [1.54, 1.807) is 6.20 Å². The molecule has 0 spiro atoms. The van der Waals surface area contributed by atoms with Crippen LogP contribution in [0.3, 0.4) is 0 Å². The molecule has 0 fully saturated rings. The minimum atomic E-state index is -0.796. The van der Waals surface area contributed by atoms with Gasteiger partial charge in [0.2, 0.25) is 0 Å². The number of ether oxygens (including phenoxy) is 1. The second kappa shape index (κ2) is 12.4. The van der Waals surface area contributed by atoms with Gasteiger partial charge in [-0.3, -0.25) is 0 Å². The number of pyridine rings is 1. The van der Waals surface area contributed by atoms with E-state index in [0.29, 0.717) is 9.44 Å². The van der Waals surface area contributed by atoms with Gasteiger partial charge in [-0.05, 0) is 0 Å². The van der Waals surface area contributed by atoms with Crippen LogP contribution in [0.25, 0.3) is 0 Å². The number of aryl methyl sites for hydroxylation is 1. The van der Waals surface area contributed by atoms with Crippen LogP contribution < -0.4 is 8.45 Å². The van der Waals surface area contributed by atoms with Crippen LogP contribution in [0.2, 0.25) is 3.43 Å². The fourth-order valence-electron chi connectivity index (χ4n) is 3.47. The zero-order chi connectivity index (χ0) is 20.2. The Morgan fingerprint density at radius 3 is 2.04 bits per heavy atom. The van der Waals surface area contributed by atoms with Gasteiger partial charge in [-0.15, -0.1) is 0 Å². The van der Waals surface area contributed by atoms with Gasteiger partial charge in [0.15, 0.2) is 0 Å². The van der Waals surface area contributed by atoms with Gasteiger partial charge in [-0.2, -0.15) is 0 Å². The Labute approximate surface area is 181 Å². The Bertz CT molecular complexity index is 669. The fraction of sp³-hybridized carbons (Fsp3) is 0.609. The average Bonchev–Trinajstić information content (AvgIpc) is 2.70. The van der Waals surface area contributed by atoms with E-state index in [1.807, 2.05) is 25.3 Å². The van der Waals surface area contributed by atoms with Crippen molar-refractivity contribution in [3.63, 3.8) is 0 Å². The minimum absolute atomic E-state index is 0.387. The number of aromatic nitrogens is 3. The Kier molecular flexibility index (Phi) is 10.2. The molecule has 0 bridgehead atoms. The van der Waals surface area contributed by atoms with Crippen molar-refractivity contribution in [2.45, 2.75) is 88.9 Å². The molecule has 152 valence electrons. The van der Waals surface area contributed by atoms with Crippen LogP contribution in [0.15, 0.2) is 30.6 Å². The zero-order valence-corrected chi connectivity index (χ0v) is 20.9. The Morgan fingerprint density at radius 1 is 0.893 bits per heavy atom. The van der Waals surface area contributed by atoms with Gasteiger partial charge in [-0.25, -0.2) is 0 Å². The molecule has 0 aliphatic rings. The maximum absolute atomic E-state index is 5.77. The third-order valence-corrected chi connectivity index (χ3v) is 10.4. The van der Waals surface area contributed by atoms with Crippen LogP contribution in [-0.4, -0.2) is 36.1 Å². The molecule has 0 aliphatic heterocycles. The second-order valence-electron chi connectivity index (χ2n) is 7.68. The van der Waals surface area contributed by atoms with E-state index in [9.17, 15) is 0 Å². The zero-order valence-electron chi connectivity index (χ0n) is 18.0. The summed E-state index contributed by atoms with van der Waals surface area (Å²) in [6, 6.07) is 6.48. The van der Waals surface area contributed by atoms with Crippen molar-refractivity contribution in [1.29, 1.82) is 0 Å². The monoisotopic (exact) mass is 489 g/mol.